The summed E-state index contributed by atoms with van der Waals surface area (Å²) in [5, 5.41) is 2.96. The molecule has 2 aromatic rings. The zero-order valence-electron chi connectivity index (χ0n) is 18.5. The third-order valence-electron chi connectivity index (χ3n) is 5.27. The molecule has 1 saturated heterocycles. The summed E-state index contributed by atoms with van der Waals surface area (Å²) in [5.41, 5.74) is 0.888. The molecule has 1 aromatic carbocycles. The summed E-state index contributed by atoms with van der Waals surface area (Å²) in [7, 11) is 1.62. The second kappa shape index (κ2) is 12.7. The number of rotatable bonds is 11. The number of carbonyl (C=O) groups is 2. The number of hydrogen-bond donors (Lipinski definition) is 1. The van der Waals surface area contributed by atoms with Crippen LogP contribution in [0.15, 0.2) is 48.7 Å². The molecular formula is C24H31N3O5. The van der Waals surface area contributed by atoms with Crippen LogP contribution in [0.3, 0.4) is 0 Å². The third-order valence-corrected chi connectivity index (χ3v) is 5.27. The number of likely N-dealkylation sites (tertiary alicyclic amines) is 1. The number of piperidine rings is 1. The highest BCUT2D eigenvalue weighted by atomic mass is 16.5. The fourth-order valence-electron chi connectivity index (χ4n) is 3.51. The first-order chi connectivity index (χ1) is 15.7. The number of carbonyl (C=O) groups excluding carboxylic acids is 2. The lowest BCUT2D eigenvalue weighted by Crippen LogP contribution is -2.45. The number of para-hydroxylation sites is 1. The molecule has 2 amide bonds. The predicted molar refractivity (Wildman–Crippen MR) is 119 cm³/mol. The van der Waals surface area contributed by atoms with Gasteiger partial charge in [0.1, 0.15) is 12.4 Å². The van der Waals surface area contributed by atoms with E-state index in [1.807, 2.05) is 36.4 Å². The first-order valence-corrected chi connectivity index (χ1v) is 11.0. The van der Waals surface area contributed by atoms with Crippen molar-refractivity contribution in [3.8, 4) is 11.6 Å². The van der Waals surface area contributed by atoms with E-state index >= 15 is 0 Å². The van der Waals surface area contributed by atoms with E-state index in [4.69, 9.17) is 14.2 Å². The van der Waals surface area contributed by atoms with Gasteiger partial charge in [0.05, 0.1) is 25.6 Å². The van der Waals surface area contributed by atoms with Crippen LogP contribution in [0.5, 0.6) is 11.6 Å². The molecule has 0 radical (unpaired) electrons. The van der Waals surface area contributed by atoms with Gasteiger partial charge < -0.3 is 24.4 Å². The number of pyridine rings is 1. The van der Waals surface area contributed by atoms with E-state index < -0.39 is 0 Å². The molecule has 1 aromatic heterocycles. The molecule has 0 spiro atoms. The predicted octanol–water partition coefficient (Wildman–Crippen LogP) is 2.43. The Kier molecular flexibility index (Phi) is 9.31. The molecule has 32 heavy (non-hydrogen) atoms. The number of amides is 2. The van der Waals surface area contributed by atoms with Gasteiger partial charge in [-0.1, -0.05) is 24.3 Å². The van der Waals surface area contributed by atoms with Gasteiger partial charge in [-0.15, -0.1) is 0 Å². The van der Waals surface area contributed by atoms with E-state index in [-0.39, 0.29) is 17.7 Å². The average molecular weight is 442 g/mol. The maximum Gasteiger partial charge on any atom is 0.226 e. The van der Waals surface area contributed by atoms with Crippen LogP contribution in [0.2, 0.25) is 0 Å². The molecule has 0 bridgehead atoms. The average Bonchev–Trinajstić information content (AvgIpc) is 2.84. The second-order valence-corrected chi connectivity index (χ2v) is 7.65. The molecule has 0 saturated carbocycles. The van der Waals surface area contributed by atoms with Crippen LogP contribution in [0.25, 0.3) is 0 Å². The zero-order valence-corrected chi connectivity index (χ0v) is 18.5. The Labute approximate surface area is 188 Å². The number of benzene rings is 1. The summed E-state index contributed by atoms with van der Waals surface area (Å²) in [6, 6.07) is 13.1. The summed E-state index contributed by atoms with van der Waals surface area (Å²) in [4.78, 5) is 31.2. The summed E-state index contributed by atoms with van der Waals surface area (Å²) in [5.74, 6) is 1.05. The Bertz CT molecular complexity index is 844. The van der Waals surface area contributed by atoms with Gasteiger partial charge in [-0.2, -0.15) is 0 Å². The van der Waals surface area contributed by atoms with Crippen LogP contribution < -0.4 is 14.8 Å². The molecule has 1 aliphatic heterocycles. The van der Waals surface area contributed by atoms with Gasteiger partial charge in [-0.3, -0.25) is 9.59 Å². The lowest BCUT2D eigenvalue weighted by atomic mass is 9.96. The van der Waals surface area contributed by atoms with Crippen LogP contribution in [0.1, 0.15) is 24.8 Å². The first-order valence-electron chi connectivity index (χ1n) is 11.0. The van der Waals surface area contributed by atoms with Gasteiger partial charge in [-0.05, 0) is 30.5 Å². The topological polar surface area (TPSA) is 90.0 Å². The van der Waals surface area contributed by atoms with Crippen molar-refractivity contribution in [2.75, 3.05) is 40.0 Å². The van der Waals surface area contributed by atoms with Crippen molar-refractivity contribution in [2.24, 2.45) is 5.92 Å². The highest BCUT2D eigenvalue weighted by Crippen LogP contribution is 2.18. The van der Waals surface area contributed by atoms with Crippen LogP contribution in [0, 0.1) is 5.92 Å². The van der Waals surface area contributed by atoms with Crippen LogP contribution in [-0.4, -0.2) is 61.7 Å². The molecule has 8 nitrogen and oxygen atoms in total. The number of aromatic nitrogens is 1. The van der Waals surface area contributed by atoms with E-state index in [0.717, 1.165) is 24.2 Å². The van der Waals surface area contributed by atoms with Crippen molar-refractivity contribution in [1.29, 1.82) is 0 Å². The SMILES string of the molecule is COCCOc1ccc(CNC(=O)C2CCCN(C(=O)CCOc3ccccc3)C2)cn1. The standard InChI is InChI=1S/C24H31N3O5/c1-30-14-15-32-22-10-9-19(16-25-22)17-26-24(29)20-6-5-12-27(18-20)23(28)11-13-31-21-7-3-2-4-8-21/h2-4,7-10,16,20H,5-6,11-15,17-18H2,1H3,(H,26,29). The van der Waals surface area contributed by atoms with Crippen molar-refractivity contribution in [3.05, 3.63) is 54.2 Å². The van der Waals surface area contributed by atoms with Gasteiger partial charge in [0.15, 0.2) is 0 Å². The van der Waals surface area contributed by atoms with Crippen molar-refractivity contribution >= 4 is 11.8 Å². The van der Waals surface area contributed by atoms with E-state index in [1.54, 1.807) is 24.3 Å². The van der Waals surface area contributed by atoms with Crippen molar-refractivity contribution < 1.29 is 23.8 Å². The zero-order chi connectivity index (χ0) is 22.6. The number of hydrogen-bond acceptors (Lipinski definition) is 6. The molecule has 1 unspecified atom stereocenters. The quantitative estimate of drug-likeness (QED) is 0.539. The number of nitrogens with one attached hydrogen (secondary N) is 1. The molecule has 3 rings (SSSR count). The fraction of sp³-hybridized carbons (Fsp3) is 0.458. The Morgan fingerprint density at radius 3 is 2.69 bits per heavy atom. The molecule has 0 aliphatic carbocycles. The van der Waals surface area contributed by atoms with Gasteiger partial charge in [0, 0.05) is 39.0 Å². The summed E-state index contributed by atoms with van der Waals surface area (Å²) < 4.78 is 16.0. The summed E-state index contributed by atoms with van der Waals surface area (Å²) >= 11 is 0. The third kappa shape index (κ3) is 7.53. The molecule has 8 heteroatoms. The number of ether oxygens (including phenoxy) is 3. The minimum atomic E-state index is -0.202. The summed E-state index contributed by atoms with van der Waals surface area (Å²) in [6.07, 6.45) is 3.58. The molecule has 172 valence electrons. The smallest absolute Gasteiger partial charge is 0.226 e. The fourth-order valence-corrected chi connectivity index (χ4v) is 3.51. The van der Waals surface area contributed by atoms with E-state index in [2.05, 4.69) is 10.3 Å². The molecule has 2 heterocycles. The monoisotopic (exact) mass is 441 g/mol. The first kappa shape index (κ1) is 23.5. The van der Waals surface area contributed by atoms with Gasteiger partial charge in [0.25, 0.3) is 0 Å². The second-order valence-electron chi connectivity index (χ2n) is 7.65. The van der Waals surface area contributed by atoms with E-state index in [9.17, 15) is 9.59 Å². The lowest BCUT2D eigenvalue weighted by molar-refractivity contribution is -0.136. The van der Waals surface area contributed by atoms with Crippen molar-refractivity contribution in [1.82, 2.24) is 15.2 Å². The largest absolute Gasteiger partial charge is 0.493 e. The maximum atomic E-state index is 12.6. The Morgan fingerprint density at radius 2 is 1.94 bits per heavy atom. The molecule has 1 atom stereocenters. The molecule has 1 aliphatic rings. The van der Waals surface area contributed by atoms with Crippen LogP contribution in [-0.2, 0) is 20.9 Å². The highest BCUT2D eigenvalue weighted by molar-refractivity contribution is 5.81. The number of methoxy groups -OCH3 is 1. The Balaban J connectivity index is 1.39. The Hall–Kier alpha value is -3.13. The highest BCUT2D eigenvalue weighted by Gasteiger charge is 2.28. The molecule has 1 N–H and O–H groups in total. The van der Waals surface area contributed by atoms with E-state index in [0.29, 0.717) is 51.8 Å². The van der Waals surface area contributed by atoms with Crippen LogP contribution >= 0.6 is 0 Å². The van der Waals surface area contributed by atoms with Gasteiger partial charge in [0.2, 0.25) is 17.7 Å². The van der Waals surface area contributed by atoms with Crippen LogP contribution in [0.4, 0.5) is 0 Å². The molecular weight excluding hydrogens is 410 g/mol. The van der Waals surface area contributed by atoms with Crippen molar-refractivity contribution in [3.63, 3.8) is 0 Å². The van der Waals surface area contributed by atoms with E-state index in [1.165, 1.54) is 0 Å². The summed E-state index contributed by atoms with van der Waals surface area (Å²) in [6.45, 7) is 2.78. The Morgan fingerprint density at radius 1 is 1.09 bits per heavy atom. The number of nitrogens with zero attached hydrogens (tertiary/aromatic N) is 2. The van der Waals surface area contributed by atoms with Crippen molar-refractivity contribution in [2.45, 2.75) is 25.8 Å². The lowest BCUT2D eigenvalue weighted by Gasteiger charge is -2.32. The minimum absolute atomic E-state index is 0.0201. The van der Waals surface area contributed by atoms with Gasteiger partial charge in [-0.25, -0.2) is 4.98 Å². The maximum absolute atomic E-state index is 12.6. The van der Waals surface area contributed by atoms with Gasteiger partial charge >= 0.3 is 0 Å². The minimum Gasteiger partial charge on any atom is -0.493 e. The molecule has 1 fully saturated rings. The normalized spacial score (nSPS) is 15.8.